The monoisotopic (exact) mass is 334 g/mol. The molecule has 1 aliphatic heterocycles. The molecule has 0 N–H and O–H groups in total. The molecular weight excluding hydrogens is 320 g/mol. The lowest BCUT2D eigenvalue weighted by atomic mass is 10.1. The Bertz CT molecular complexity index is 1040. The number of rotatable bonds is 2. The fraction of sp³-hybridized carbons (Fsp3) is 0.167. The summed E-state index contributed by atoms with van der Waals surface area (Å²) in [5.74, 6) is 3.12. The molecule has 0 spiro atoms. The maximum Gasteiger partial charge on any atom is 0.253 e. The summed E-state index contributed by atoms with van der Waals surface area (Å²) in [7, 11) is 0. The first-order valence-corrected chi connectivity index (χ1v) is 8.04. The van der Waals surface area contributed by atoms with Crippen LogP contribution in [0.5, 0.6) is 11.5 Å². The lowest BCUT2D eigenvalue weighted by Crippen LogP contribution is -1.98. The molecule has 25 heavy (non-hydrogen) atoms. The number of benzene rings is 1. The van der Waals surface area contributed by atoms with Crippen LogP contribution < -0.4 is 9.47 Å². The smallest absolute Gasteiger partial charge is 0.253 e. The van der Waals surface area contributed by atoms with Gasteiger partial charge in [0.2, 0.25) is 5.82 Å². The Kier molecular flexibility index (Phi) is 3.16. The molecule has 0 unspecified atom stereocenters. The number of aromatic nitrogens is 4. The highest BCUT2D eigenvalue weighted by molar-refractivity contribution is 5.66. The van der Waals surface area contributed by atoms with Gasteiger partial charge in [-0.15, -0.1) is 5.10 Å². The molecule has 4 heterocycles. The Hall–Kier alpha value is -3.35. The van der Waals surface area contributed by atoms with E-state index in [4.69, 9.17) is 13.9 Å². The van der Waals surface area contributed by atoms with E-state index in [9.17, 15) is 0 Å². The molecule has 0 saturated heterocycles. The van der Waals surface area contributed by atoms with Crippen molar-refractivity contribution in [2.24, 2.45) is 0 Å². The van der Waals surface area contributed by atoms with E-state index in [0.29, 0.717) is 30.6 Å². The standard InChI is InChI=1S/C18H14N4O3/c1-3-15(24-8-1)17-20-18-19-7-6-13(22(18)21-17)12-4-5-14-16(11-12)25-10-2-9-23-14/h1,3-8,11H,2,9-10H2. The second kappa shape index (κ2) is 5.62. The molecule has 0 fully saturated rings. The molecule has 1 aromatic carbocycles. The SMILES string of the molecule is c1coc(-c2nc3nccc(-c4ccc5c(c4)OCCCO5)n3n2)c1. The minimum atomic E-state index is 0.499. The number of hydrogen-bond acceptors (Lipinski definition) is 6. The Morgan fingerprint density at radius 3 is 2.80 bits per heavy atom. The molecule has 5 rings (SSSR count). The molecule has 7 nitrogen and oxygen atoms in total. The third-order valence-corrected chi connectivity index (χ3v) is 4.03. The number of nitrogens with zero attached hydrogens (tertiary/aromatic N) is 4. The van der Waals surface area contributed by atoms with Gasteiger partial charge < -0.3 is 13.9 Å². The zero-order valence-corrected chi connectivity index (χ0v) is 13.3. The van der Waals surface area contributed by atoms with Gasteiger partial charge in [0, 0.05) is 18.2 Å². The Balaban J connectivity index is 1.64. The lowest BCUT2D eigenvalue weighted by molar-refractivity contribution is 0.297. The van der Waals surface area contributed by atoms with Crippen LogP contribution in [-0.4, -0.2) is 32.8 Å². The minimum absolute atomic E-state index is 0.499. The molecule has 7 heteroatoms. The van der Waals surface area contributed by atoms with E-state index in [1.807, 2.05) is 30.3 Å². The van der Waals surface area contributed by atoms with Gasteiger partial charge in [-0.05, 0) is 36.4 Å². The maximum absolute atomic E-state index is 5.79. The van der Waals surface area contributed by atoms with Crippen molar-refractivity contribution in [1.82, 2.24) is 19.6 Å². The molecular formula is C18H14N4O3. The van der Waals surface area contributed by atoms with E-state index in [1.54, 1.807) is 23.0 Å². The predicted octanol–water partition coefficient (Wildman–Crippen LogP) is 3.21. The van der Waals surface area contributed by atoms with E-state index in [2.05, 4.69) is 15.1 Å². The van der Waals surface area contributed by atoms with Crippen molar-refractivity contribution in [2.45, 2.75) is 6.42 Å². The number of furan rings is 1. The van der Waals surface area contributed by atoms with Crippen LogP contribution in [0.25, 0.3) is 28.6 Å². The van der Waals surface area contributed by atoms with Gasteiger partial charge in [0.25, 0.3) is 5.78 Å². The molecule has 0 saturated carbocycles. The van der Waals surface area contributed by atoms with Crippen LogP contribution in [-0.2, 0) is 0 Å². The van der Waals surface area contributed by atoms with Gasteiger partial charge in [0.05, 0.1) is 25.2 Å². The number of ether oxygens (including phenoxy) is 2. The highest BCUT2D eigenvalue weighted by Crippen LogP contribution is 2.34. The molecule has 0 bridgehead atoms. The lowest BCUT2D eigenvalue weighted by Gasteiger charge is -2.10. The van der Waals surface area contributed by atoms with E-state index in [0.717, 1.165) is 29.2 Å². The summed E-state index contributed by atoms with van der Waals surface area (Å²) in [5.41, 5.74) is 1.82. The summed E-state index contributed by atoms with van der Waals surface area (Å²) in [4.78, 5) is 8.73. The highest BCUT2D eigenvalue weighted by Gasteiger charge is 2.16. The van der Waals surface area contributed by atoms with Crippen molar-refractivity contribution in [3.63, 3.8) is 0 Å². The summed E-state index contributed by atoms with van der Waals surface area (Å²) in [6.07, 6.45) is 4.19. The summed E-state index contributed by atoms with van der Waals surface area (Å²) in [6, 6.07) is 11.4. The zero-order valence-electron chi connectivity index (χ0n) is 13.3. The molecule has 1 aliphatic rings. The summed E-state index contributed by atoms with van der Waals surface area (Å²) < 4.78 is 18.6. The van der Waals surface area contributed by atoms with E-state index in [-0.39, 0.29) is 0 Å². The van der Waals surface area contributed by atoms with Crippen LogP contribution in [0, 0.1) is 0 Å². The Labute approximate surface area is 142 Å². The van der Waals surface area contributed by atoms with Gasteiger partial charge in [0.1, 0.15) is 0 Å². The largest absolute Gasteiger partial charge is 0.490 e. The third kappa shape index (κ3) is 2.40. The van der Waals surface area contributed by atoms with Gasteiger partial charge in [-0.3, -0.25) is 0 Å². The van der Waals surface area contributed by atoms with Crippen LogP contribution >= 0.6 is 0 Å². The van der Waals surface area contributed by atoms with E-state index >= 15 is 0 Å². The molecule has 0 amide bonds. The molecule has 124 valence electrons. The fourth-order valence-corrected chi connectivity index (χ4v) is 2.85. The second-order valence-electron chi connectivity index (χ2n) is 5.67. The molecule has 3 aromatic heterocycles. The van der Waals surface area contributed by atoms with Crippen LogP contribution in [0.3, 0.4) is 0 Å². The van der Waals surface area contributed by atoms with Crippen LogP contribution in [0.15, 0.2) is 53.3 Å². The highest BCUT2D eigenvalue weighted by atomic mass is 16.5. The number of hydrogen-bond donors (Lipinski definition) is 0. The predicted molar refractivity (Wildman–Crippen MR) is 89.5 cm³/mol. The van der Waals surface area contributed by atoms with E-state index < -0.39 is 0 Å². The third-order valence-electron chi connectivity index (χ3n) is 4.03. The summed E-state index contributed by atoms with van der Waals surface area (Å²) >= 11 is 0. The van der Waals surface area contributed by atoms with Gasteiger partial charge >= 0.3 is 0 Å². The fourth-order valence-electron chi connectivity index (χ4n) is 2.85. The van der Waals surface area contributed by atoms with Crippen LogP contribution in [0.1, 0.15) is 6.42 Å². The average molecular weight is 334 g/mol. The van der Waals surface area contributed by atoms with Crippen molar-refractivity contribution in [2.75, 3.05) is 13.2 Å². The van der Waals surface area contributed by atoms with Gasteiger partial charge in [0.15, 0.2) is 17.3 Å². The minimum Gasteiger partial charge on any atom is -0.490 e. The first-order valence-electron chi connectivity index (χ1n) is 8.04. The average Bonchev–Trinajstić information content (AvgIpc) is 3.26. The topological polar surface area (TPSA) is 74.7 Å². The summed E-state index contributed by atoms with van der Waals surface area (Å²) in [5, 5.41) is 4.54. The normalized spacial score (nSPS) is 13.8. The maximum atomic E-state index is 5.79. The summed E-state index contributed by atoms with van der Waals surface area (Å²) in [6.45, 7) is 1.32. The van der Waals surface area contributed by atoms with Gasteiger partial charge in [-0.25, -0.2) is 4.98 Å². The Morgan fingerprint density at radius 2 is 1.92 bits per heavy atom. The van der Waals surface area contributed by atoms with Crippen LogP contribution in [0.2, 0.25) is 0 Å². The molecule has 0 aliphatic carbocycles. The van der Waals surface area contributed by atoms with Crippen LogP contribution in [0.4, 0.5) is 0 Å². The van der Waals surface area contributed by atoms with Crippen molar-refractivity contribution < 1.29 is 13.9 Å². The van der Waals surface area contributed by atoms with Crippen molar-refractivity contribution in [3.05, 3.63) is 48.9 Å². The zero-order chi connectivity index (χ0) is 16.6. The molecule has 0 radical (unpaired) electrons. The second-order valence-corrected chi connectivity index (χ2v) is 5.67. The quantitative estimate of drug-likeness (QED) is 0.560. The molecule has 0 atom stereocenters. The van der Waals surface area contributed by atoms with E-state index in [1.165, 1.54) is 0 Å². The molecule has 4 aromatic rings. The van der Waals surface area contributed by atoms with Crippen molar-refractivity contribution >= 4 is 5.78 Å². The number of fused-ring (bicyclic) bond motifs is 2. The van der Waals surface area contributed by atoms with Crippen molar-refractivity contribution in [1.29, 1.82) is 0 Å². The van der Waals surface area contributed by atoms with Crippen molar-refractivity contribution in [3.8, 4) is 34.3 Å². The first kappa shape index (κ1) is 14.0. The first-order chi connectivity index (χ1) is 12.4. The Morgan fingerprint density at radius 1 is 1.00 bits per heavy atom. The van der Waals surface area contributed by atoms with Gasteiger partial charge in [-0.2, -0.15) is 9.50 Å². The van der Waals surface area contributed by atoms with Gasteiger partial charge in [-0.1, -0.05) is 0 Å².